The van der Waals surface area contributed by atoms with Crippen LogP contribution in [0.3, 0.4) is 0 Å². The van der Waals surface area contributed by atoms with Gasteiger partial charge in [0.15, 0.2) is 0 Å². The molecule has 0 bridgehead atoms. The molecule has 0 saturated carbocycles. The summed E-state index contributed by atoms with van der Waals surface area (Å²) in [5.41, 5.74) is 0.959. The normalized spacial score (nSPS) is 10.6. The molecule has 3 nitrogen and oxygen atoms in total. The fraction of sp³-hybridized carbons (Fsp3) is 0. The molecule has 0 fully saturated rings. The van der Waals surface area contributed by atoms with Crippen LogP contribution in [0.2, 0.25) is 5.02 Å². The maximum Gasteiger partial charge on any atom is 0.144 e. The van der Waals surface area contributed by atoms with Crippen LogP contribution in [0.4, 0.5) is 11.5 Å². The second kappa shape index (κ2) is 5.15. The van der Waals surface area contributed by atoms with E-state index >= 15 is 0 Å². The molecule has 0 spiro atoms. The summed E-state index contributed by atoms with van der Waals surface area (Å²) in [6.07, 6.45) is 5.22. The SMILES string of the molecule is Clc1cnc(Nc2cccc3ccncc23)c(Br)c1. The fourth-order valence-electron chi connectivity index (χ4n) is 1.86. The van der Waals surface area contributed by atoms with Gasteiger partial charge in [0, 0.05) is 29.7 Å². The first-order chi connectivity index (χ1) is 9.24. The molecular weight excluding hydrogens is 326 g/mol. The molecule has 0 amide bonds. The van der Waals surface area contributed by atoms with Gasteiger partial charge < -0.3 is 5.32 Å². The van der Waals surface area contributed by atoms with Gasteiger partial charge in [0.05, 0.1) is 9.50 Å². The smallest absolute Gasteiger partial charge is 0.144 e. The number of fused-ring (bicyclic) bond motifs is 1. The Hall–Kier alpha value is -1.65. The van der Waals surface area contributed by atoms with Gasteiger partial charge in [-0.15, -0.1) is 0 Å². The van der Waals surface area contributed by atoms with Crippen LogP contribution in [-0.2, 0) is 0 Å². The zero-order valence-corrected chi connectivity index (χ0v) is 12.1. The van der Waals surface area contributed by atoms with Gasteiger partial charge in [0.25, 0.3) is 0 Å². The Morgan fingerprint density at radius 2 is 2.05 bits per heavy atom. The lowest BCUT2D eigenvalue weighted by Crippen LogP contribution is -1.95. The molecule has 2 aromatic heterocycles. The summed E-state index contributed by atoms with van der Waals surface area (Å²) in [6.45, 7) is 0. The second-order valence-electron chi connectivity index (χ2n) is 4.01. The van der Waals surface area contributed by atoms with Crippen LogP contribution >= 0.6 is 27.5 Å². The summed E-state index contributed by atoms with van der Waals surface area (Å²) in [7, 11) is 0. The summed E-state index contributed by atoms with van der Waals surface area (Å²) in [6, 6.07) is 9.82. The predicted octanol–water partition coefficient (Wildman–Crippen LogP) is 4.79. The quantitative estimate of drug-likeness (QED) is 0.732. The highest BCUT2D eigenvalue weighted by Crippen LogP contribution is 2.29. The number of pyridine rings is 2. The molecule has 0 unspecified atom stereocenters. The Bertz CT molecular complexity index is 740. The topological polar surface area (TPSA) is 37.8 Å². The Morgan fingerprint density at radius 3 is 2.89 bits per heavy atom. The Labute approximate surface area is 123 Å². The minimum Gasteiger partial charge on any atom is -0.339 e. The van der Waals surface area contributed by atoms with E-state index in [1.807, 2.05) is 30.5 Å². The standard InChI is InChI=1S/C14H9BrClN3/c15-12-6-10(16)7-18-14(12)19-13-3-1-2-9-4-5-17-8-11(9)13/h1-8H,(H,18,19). The van der Waals surface area contributed by atoms with Crippen LogP contribution in [0, 0.1) is 0 Å². The summed E-state index contributed by atoms with van der Waals surface area (Å²) in [5, 5.41) is 6.06. The van der Waals surface area contributed by atoms with Gasteiger partial charge in [0.1, 0.15) is 5.82 Å². The number of nitrogens with one attached hydrogen (secondary N) is 1. The van der Waals surface area contributed by atoms with Crippen molar-refractivity contribution in [1.29, 1.82) is 0 Å². The number of benzene rings is 1. The lowest BCUT2D eigenvalue weighted by atomic mass is 10.1. The van der Waals surface area contributed by atoms with E-state index in [9.17, 15) is 0 Å². The third kappa shape index (κ3) is 2.55. The van der Waals surface area contributed by atoms with Gasteiger partial charge in [-0.2, -0.15) is 0 Å². The van der Waals surface area contributed by atoms with E-state index in [0.29, 0.717) is 5.02 Å². The molecule has 3 rings (SSSR count). The molecule has 94 valence electrons. The number of anilines is 2. The van der Waals surface area contributed by atoms with Gasteiger partial charge >= 0.3 is 0 Å². The Balaban J connectivity index is 2.06. The Kier molecular flexibility index (Phi) is 3.36. The minimum absolute atomic E-state index is 0.594. The average molecular weight is 335 g/mol. The van der Waals surface area contributed by atoms with Gasteiger partial charge in [-0.3, -0.25) is 4.98 Å². The summed E-state index contributed by atoms with van der Waals surface area (Å²) in [4.78, 5) is 8.43. The van der Waals surface area contributed by atoms with E-state index in [2.05, 4.69) is 31.2 Å². The number of halogens is 2. The fourth-order valence-corrected chi connectivity index (χ4v) is 2.59. The van der Waals surface area contributed by atoms with Crippen LogP contribution < -0.4 is 5.32 Å². The first-order valence-corrected chi connectivity index (χ1v) is 6.82. The molecule has 3 aromatic rings. The minimum atomic E-state index is 0.594. The van der Waals surface area contributed by atoms with Crippen molar-refractivity contribution in [3.63, 3.8) is 0 Å². The van der Waals surface area contributed by atoms with Crippen LogP contribution in [0.5, 0.6) is 0 Å². The highest BCUT2D eigenvalue weighted by molar-refractivity contribution is 9.10. The van der Waals surface area contributed by atoms with E-state index in [1.165, 1.54) is 0 Å². The molecular formula is C14H9BrClN3. The highest BCUT2D eigenvalue weighted by Gasteiger charge is 2.05. The summed E-state index contributed by atoms with van der Waals surface area (Å²) < 4.78 is 0.820. The van der Waals surface area contributed by atoms with Crippen molar-refractivity contribution in [3.8, 4) is 0 Å². The van der Waals surface area contributed by atoms with Gasteiger partial charge in [-0.25, -0.2) is 4.98 Å². The van der Waals surface area contributed by atoms with Crippen molar-refractivity contribution >= 4 is 49.8 Å². The van der Waals surface area contributed by atoms with Gasteiger partial charge in [-0.05, 0) is 39.5 Å². The van der Waals surface area contributed by atoms with Crippen LogP contribution in [-0.4, -0.2) is 9.97 Å². The average Bonchev–Trinajstić information content (AvgIpc) is 2.42. The van der Waals surface area contributed by atoms with Crippen LogP contribution in [0.1, 0.15) is 0 Å². The molecule has 0 saturated heterocycles. The maximum absolute atomic E-state index is 5.88. The lowest BCUT2D eigenvalue weighted by molar-refractivity contribution is 1.29. The number of nitrogens with zero attached hydrogens (tertiary/aromatic N) is 2. The van der Waals surface area contributed by atoms with E-state index in [1.54, 1.807) is 18.5 Å². The van der Waals surface area contributed by atoms with Crippen molar-refractivity contribution in [1.82, 2.24) is 9.97 Å². The first kappa shape index (κ1) is 12.4. The third-order valence-corrected chi connectivity index (χ3v) is 3.56. The molecule has 1 aromatic carbocycles. The largest absolute Gasteiger partial charge is 0.339 e. The lowest BCUT2D eigenvalue weighted by Gasteiger charge is -2.10. The molecule has 0 aliphatic rings. The van der Waals surface area contributed by atoms with E-state index in [4.69, 9.17) is 11.6 Å². The van der Waals surface area contributed by atoms with Gasteiger partial charge in [0.2, 0.25) is 0 Å². The monoisotopic (exact) mass is 333 g/mol. The number of hydrogen-bond acceptors (Lipinski definition) is 3. The first-order valence-electron chi connectivity index (χ1n) is 5.65. The van der Waals surface area contributed by atoms with Crippen molar-refractivity contribution in [2.45, 2.75) is 0 Å². The highest BCUT2D eigenvalue weighted by atomic mass is 79.9. The number of rotatable bonds is 2. The van der Waals surface area contributed by atoms with Crippen molar-refractivity contribution in [3.05, 3.63) is 58.4 Å². The Morgan fingerprint density at radius 1 is 1.16 bits per heavy atom. The zero-order valence-electron chi connectivity index (χ0n) is 9.77. The molecule has 0 atom stereocenters. The molecule has 5 heteroatoms. The van der Waals surface area contributed by atoms with Crippen LogP contribution in [0.15, 0.2) is 53.4 Å². The molecule has 2 heterocycles. The predicted molar refractivity (Wildman–Crippen MR) is 82.0 cm³/mol. The van der Waals surface area contributed by atoms with E-state index in [-0.39, 0.29) is 0 Å². The molecule has 0 aliphatic heterocycles. The van der Waals surface area contributed by atoms with Gasteiger partial charge in [-0.1, -0.05) is 23.7 Å². The van der Waals surface area contributed by atoms with Crippen molar-refractivity contribution < 1.29 is 0 Å². The van der Waals surface area contributed by atoms with E-state index in [0.717, 1.165) is 26.8 Å². The number of hydrogen-bond donors (Lipinski definition) is 1. The third-order valence-electron chi connectivity index (χ3n) is 2.74. The summed E-state index contributed by atoms with van der Waals surface area (Å²) >= 11 is 9.33. The van der Waals surface area contributed by atoms with Crippen molar-refractivity contribution in [2.24, 2.45) is 0 Å². The second-order valence-corrected chi connectivity index (χ2v) is 5.30. The van der Waals surface area contributed by atoms with Crippen LogP contribution in [0.25, 0.3) is 10.8 Å². The maximum atomic E-state index is 5.88. The van der Waals surface area contributed by atoms with Crippen molar-refractivity contribution in [2.75, 3.05) is 5.32 Å². The molecule has 19 heavy (non-hydrogen) atoms. The van der Waals surface area contributed by atoms with E-state index < -0.39 is 0 Å². The molecule has 1 N–H and O–H groups in total. The zero-order chi connectivity index (χ0) is 13.2. The summed E-state index contributed by atoms with van der Waals surface area (Å²) in [5.74, 6) is 0.723. The molecule has 0 radical (unpaired) electrons. The number of aromatic nitrogens is 2. The molecule has 0 aliphatic carbocycles.